The molecule has 1 aromatic rings. The minimum atomic E-state index is -2.59. The summed E-state index contributed by atoms with van der Waals surface area (Å²) in [5, 5.41) is 45.8. The number of phenolic OH excluding ortho intramolecular Hbond substituents is 1. The lowest BCUT2D eigenvalue weighted by molar-refractivity contribution is -0.144. The van der Waals surface area contributed by atoms with Crippen LogP contribution in [0.1, 0.15) is 55.1 Å². The second kappa shape index (κ2) is 7.94. The zero-order chi connectivity index (χ0) is 26.0. The number of aliphatic hydroxyl groups excluding tert-OH is 2. The molecule has 0 saturated heterocycles. The number of benzene rings is 1. The van der Waals surface area contributed by atoms with Crippen molar-refractivity contribution in [1.82, 2.24) is 5.32 Å². The van der Waals surface area contributed by atoms with Crippen LogP contribution in [0.25, 0.3) is 0 Å². The van der Waals surface area contributed by atoms with Crippen LogP contribution in [0.2, 0.25) is 0 Å². The van der Waals surface area contributed by atoms with Gasteiger partial charge in [-0.25, -0.2) is 0 Å². The molecule has 0 unspecified atom stereocenters. The molecule has 186 valence electrons. The summed E-state index contributed by atoms with van der Waals surface area (Å²) in [6.07, 6.45) is -0.0557. The van der Waals surface area contributed by atoms with Crippen LogP contribution < -0.4 is 11.1 Å². The third kappa shape index (κ3) is 3.59. The number of carbonyl (C=O) groups excluding carboxylic acids is 4. The van der Waals surface area contributed by atoms with E-state index in [-0.39, 0.29) is 48.6 Å². The summed E-state index contributed by atoms with van der Waals surface area (Å²) in [6.45, 7) is 5.40. The largest absolute Gasteiger partial charge is 0.511 e. The van der Waals surface area contributed by atoms with Gasteiger partial charge in [0.1, 0.15) is 22.8 Å². The molecule has 7 N–H and O–H groups in total. The molecule has 0 radical (unpaired) electrons. The Hall–Kier alpha value is -3.66. The molecule has 10 heteroatoms. The number of ketones is 2. The maximum atomic E-state index is 13.5. The van der Waals surface area contributed by atoms with Crippen LogP contribution in [-0.4, -0.2) is 49.4 Å². The molecule has 0 spiro atoms. The Morgan fingerprint density at radius 3 is 2.40 bits per heavy atom. The molecule has 0 saturated carbocycles. The molecule has 3 aliphatic rings. The number of amides is 2. The molecule has 0 aromatic heterocycles. The van der Waals surface area contributed by atoms with Crippen molar-refractivity contribution in [2.45, 2.75) is 52.2 Å². The van der Waals surface area contributed by atoms with Gasteiger partial charge < -0.3 is 31.5 Å². The van der Waals surface area contributed by atoms with Gasteiger partial charge in [-0.05, 0) is 36.0 Å². The number of primary amides is 1. The second-order valence-electron chi connectivity index (χ2n) is 10.4. The predicted molar refractivity (Wildman–Crippen MR) is 122 cm³/mol. The van der Waals surface area contributed by atoms with Crippen molar-refractivity contribution in [1.29, 1.82) is 0 Å². The lowest BCUT2D eigenvalue weighted by Crippen LogP contribution is -2.57. The second-order valence-corrected chi connectivity index (χ2v) is 10.4. The average molecular weight is 485 g/mol. The minimum Gasteiger partial charge on any atom is -0.511 e. The fourth-order valence-corrected chi connectivity index (χ4v) is 5.29. The Morgan fingerprint density at radius 2 is 1.80 bits per heavy atom. The monoisotopic (exact) mass is 484 g/mol. The number of fused-ring (bicyclic) bond motifs is 3. The zero-order valence-electron chi connectivity index (χ0n) is 19.6. The highest BCUT2D eigenvalue weighted by Gasteiger charge is 2.59. The van der Waals surface area contributed by atoms with Crippen molar-refractivity contribution in [2.75, 3.05) is 0 Å². The minimum absolute atomic E-state index is 0.0480. The molecule has 4 rings (SSSR count). The molecule has 35 heavy (non-hydrogen) atoms. The highest BCUT2D eigenvalue weighted by Crippen LogP contribution is 2.51. The molecule has 0 aliphatic heterocycles. The van der Waals surface area contributed by atoms with Crippen LogP contribution in [0, 0.1) is 17.3 Å². The lowest BCUT2D eigenvalue weighted by Gasteiger charge is -2.45. The van der Waals surface area contributed by atoms with Crippen molar-refractivity contribution >= 4 is 23.4 Å². The highest BCUT2D eigenvalue weighted by atomic mass is 16.3. The first-order valence-electron chi connectivity index (χ1n) is 11.3. The summed E-state index contributed by atoms with van der Waals surface area (Å²) in [5.41, 5.74) is 1.97. The van der Waals surface area contributed by atoms with E-state index < -0.39 is 57.4 Å². The maximum Gasteiger partial charge on any atom is 0.255 e. The third-order valence-corrected chi connectivity index (χ3v) is 7.16. The molecule has 0 bridgehead atoms. The summed E-state index contributed by atoms with van der Waals surface area (Å²) >= 11 is 0. The van der Waals surface area contributed by atoms with Gasteiger partial charge in [-0.15, -0.1) is 0 Å². The Kier molecular flexibility index (Phi) is 5.55. The van der Waals surface area contributed by atoms with Gasteiger partial charge in [0.25, 0.3) is 5.91 Å². The number of phenols is 1. The van der Waals surface area contributed by atoms with Gasteiger partial charge in [-0.1, -0.05) is 26.8 Å². The Labute approximate surface area is 201 Å². The smallest absolute Gasteiger partial charge is 0.255 e. The standard InChI is InChI=1S/C25H28N2O8/c1-24(2,3)23(34)27-9-10-4-5-14(28)17-13(10)7-11-6-12-8-15(29)18(22(26)33)21(32)25(12,35)20(31)16(11)19(17)30/h4-5,11-12,28-29,31,35H,6-9H2,1-3H3,(H2,26,33)(H,27,34)/t11-,12+,25+/m1/s1. The number of carbonyl (C=O) groups is 4. The van der Waals surface area contributed by atoms with Gasteiger partial charge in [0.2, 0.25) is 11.7 Å². The Bertz CT molecular complexity index is 1250. The number of nitrogens with two attached hydrogens (primary N) is 1. The van der Waals surface area contributed by atoms with E-state index in [1.807, 2.05) is 0 Å². The predicted octanol–water partition coefficient (Wildman–Crippen LogP) is 1.24. The molecular formula is C25H28N2O8. The quantitative estimate of drug-likeness (QED) is 0.346. The van der Waals surface area contributed by atoms with E-state index in [1.54, 1.807) is 26.8 Å². The molecule has 10 nitrogen and oxygen atoms in total. The van der Waals surface area contributed by atoms with E-state index in [1.165, 1.54) is 6.07 Å². The molecule has 3 atom stereocenters. The number of allylic oxidation sites excluding steroid dienone is 2. The van der Waals surface area contributed by atoms with Crippen molar-refractivity contribution < 1.29 is 39.6 Å². The van der Waals surface area contributed by atoms with Gasteiger partial charge in [0.05, 0.1) is 5.56 Å². The molecular weight excluding hydrogens is 456 g/mol. The van der Waals surface area contributed by atoms with Crippen LogP contribution in [-0.2, 0) is 27.3 Å². The van der Waals surface area contributed by atoms with Crippen molar-refractivity contribution in [3.05, 3.63) is 51.5 Å². The number of Topliss-reactive ketones (excluding diaryl/α,β-unsaturated/α-hetero) is 2. The Balaban J connectivity index is 1.79. The van der Waals surface area contributed by atoms with Gasteiger partial charge in [-0.3, -0.25) is 19.2 Å². The summed E-state index contributed by atoms with van der Waals surface area (Å²) in [7, 11) is 0. The number of rotatable bonds is 3. The number of nitrogens with one attached hydrogen (secondary N) is 1. The third-order valence-electron chi connectivity index (χ3n) is 7.16. The molecule has 2 amide bonds. The SMILES string of the molecule is CC(C)(C)C(=O)NCc1ccc(O)c2c1C[C@H]1C[C@H]3CC(O)=C(C(N)=O)C(=O)[C@@]3(O)C(O)=C1C2=O. The first-order chi connectivity index (χ1) is 16.2. The van der Waals surface area contributed by atoms with Crippen LogP contribution in [0.4, 0.5) is 0 Å². The highest BCUT2D eigenvalue weighted by molar-refractivity contribution is 6.24. The van der Waals surface area contributed by atoms with Crippen LogP contribution in [0.15, 0.2) is 34.8 Å². The molecule has 0 fully saturated rings. The van der Waals surface area contributed by atoms with Gasteiger partial charge in [-0.2, -0.15) is 0 Å². The van der Waals surface area contributed by atoms with Gasteiger partial charge >= 0.3 is 0 Å². The number of aliphatic hydroxyl groups is 3. The summed E-state index contributed by atoms with van der Waals surface area (Å²) in [5.74, 6) is -6.89. The molecule has 0 heterocycles. The molecule has 1 aromatic carbocycles. The van der Waals surface area contributed by atoms with Gasteiger partial charge in [0, 0.05) is 29.9 Å². The summed E-state index contributed by atoms with van der Waals surface area (Å²) in [6, 6.07) is 2.92. The van der Waals surface area contributed by atoms with E-state index in [0.29, 0.717) is 11.1 Å². The lowest BCUT2D eigenvalue weighted by atomic mass is 9.60. The van der Waals surface area contributed by atoms with Crippen molar-refractivity contribution in [3.8, 4) is 5.75 Å². The first-order valence-corrected chi connectivity index (χ1v) is 11.3. The fourth-order valence-electron chi connectivity index (χ4n) is 5.29. The number of hydrogen-bond donors (Lipinski definition) is 6. The summed E-state index contributed by atoms with van der Waals surface area (Å²) < 4.78 is 0. The fraction of sp³-hybridized carbons (Fsp3) is 0.440. The summed E-state index contributed by atoms with van der Waals surface area (Å²) in [4.78, 5) is 50.5. The van der Waals surface area contributed by atoms with E-state index >= 15 is 0 Å². The van der Waals surface area contributed by atoms with Gasteiger partial charge in [0.15, 0.2) is 11.4 Å². The Morgan fingerprint density at radius 1 is 1.14 bits per heavy atom. The number of hydrogen-bond acceptors (Lipinski definition) is 8. The zero-order valence-corrected chi connectivity index (χ0v) is 19.6. The van der Waals surface area contributed by atoms with E-state index in [4.69, 9.17) is 5.73 Å². The van der Waals surface area contributed by atoms with E-state index in [0.717, 1.165) is 0 Å². The van der Waals surface area contributed by atoms with E-state index in [2.05, 4.69) is 5.32 Å². The average Bonchev–Trinajstić information content (AvgIpc) is 2.74. The first kappa shape index (κ1) is 24.5. The van der Waals surface area contributed by atoms with Crippen LogP contribution >= 0.6 is 0 Å². The topological polar surface area (TPSA) is 187 Å². The van der Waals surface area contributed by atoms with Crippen LogP contribution in [0.3, 0.4) is 0 Å². The normalized spacial score (nSPS) is 26.2. The van der Waals surface area contributed by atoms with Crippen molar-refractivity contribution in [3.63, 3.8) is 0 Å². The van der Waals surface area contributed by atoms with Crippen molar-refractivity contribution in [2.24, 2.45) is 23.0 Å². The molecule has 3 aliphatic carbocycles. The maximum absolute atomic E-state index is 13.5. The van der Waals surface area contributed by atoms with Crippen LogP contribution in [0.5, 0.6) is 5.75 Å². The number of aromatic hydroxyl groups is 1. The van der Waals surface area contributed by atoms with E-state index in [9.17, 15) is 39.6 Å².